The molecule has 94 valence electrons. The molecule has 17 heavy (non-hydrogen) atoms. The van der Waals surface area contributed by atoms with Crippen LogP contribution < -0.4 is 11.3 Å². The number of amides is 1. The highest BCUT2D eigenvalue weighted by Crippen LogP contribution is 2.26. The number of phenols is 1. The standard InChI is InChI=1S/C13H20N2O2/c1-2-3-4-11(9-13(17)15-14)10-5-7-12(16)8-6-10/h5-8,11,16H,2-4,9,14H2,1H3,(H,15,17). The van der Waals surface area contributed by atoms with Gasteiger partial charge in [0.05, 0.1) is 0 Å². The zero-order valence-electron chi connectivity index (χ0n) is 10.1. The Morgan fingerprint density at radius 3 is 2.59 bits per heavy atom. The van der Waals surface area contributed by atoms with E-state index in [1.807, 2.05) is 12.1 Å². The maximum atomic E-state index is 11.3. The number of nitrogens with one attached hydrogen (secondary N) is 1. The molecule has 0 bridgehead atoms. The van der Waals surface area contributed by atoms with Crippen molar-refractivity contribution in [1.29, 1.82) is 0 Å². The van der Waals surface area contributed by atoms with E-state index in [-0.39, 0.29) is 17.6 Å². The molecule has 1 aromatic carbocycles. The highest BCUT2D eigenvalue weighted by molar-refractivity contribution is 5.76. The first kappa shape index (κ1) is 13.5. The number of carbonyl (C=O) groups excluding carboxylic acids is 1. The number of rotatable bonds is 6. The van der Waals surface area contributed by atoms with E-state index in [2.05, 4.69) is 12.3 Å². The molecule has 0 heterocycles. The van der Waals surface area contributed by atoms with Crippen LogP contribution in [0.2, 0.25) is 0 Å². The van der Waals surface area contributed by atoms with E-state index in [4.69, 9.17) is 5.84 Å². The number of hydrogen-bond donors (Lipinski definition) is 3. The van der Waals surface area contributed by atoms with Crippen LogP contribution in [0.15, 0.2) is 24.3 Å². The number of carbonyl (C=O) groups is 1. The van der Waals surface area contributed by atoms with Gasteiger partial charge >= 0.3 is 0 Å². The van der Waals surface area contributed by atoms with E-state index in [1.165, 1.54) is 0 Å². The van der Waals surface area contributed by atoms with Gasteiger partial charge in [0.25, 0.3) is 0 Å². The Morgan fingerprint density at radius 2 is 2.06 bits per heavy atom. The SMILES string of the molecule is CCCCC(CC(=O)NN)c1ccc(O)cc1. The second-order valence-electron chi connectivity index (χ2n) is 4.20. The molecule has 0 aliphatic rings. The third-order valence-electron chi connectivity index (χ3n) is 2.86. The van der Waals surface area contributed by atoms with Crippen molar-refractivity contribution in [3.8, 4) is 5.75 Å². The van der Waals surface area contributed by atoms with Crippen molar-refractivity contribution in [2.24, 2.45) is 5.84 Å². The summed E-state index contributed by atoms with van der Waals surface area (Å²) < 4.78 is 0. The van der Waals surface area contributed by atoms with Gasteiger partial charge in [-0.15, -0.1) is 0 Å². The lowest BCUT2D eigenvalue weighted by atomic mass is 9.90. The zero-order valence-corrected chi connectivity index (χ0v) is 10.1. The van der Waals surface area contributed by atoms with Crippen LogP contribution in [-0.4, -0.2) is 11.0 Å². The highest BCUT2D eigenvalue weighted by atomic mass is 16.3. The van der Waals surface area contributed by atoms with Gasteiger partial charge < -0.3 is 5.11 Å². The summed E-state index contributed by atoms with van der Waals surface area (Å²) in [5.74, 6) is 5.37. The zero-order chi connectivity index (χ0) is 12.7. The first-order valence-corrected chi connectivity index (χ1v) is 5.95. The molecule has 0 fully saturated rings. The Bertz CT molecular complexity index is 349. The van der Waals surface area contributed by atoms with Gasteiger partial charge in [-0.3, -0.25) is 10.2 Å². The van der Waals surface area contributed by atoms with Crippen molar-refractivity contribution >= 4 is 5.91 Å². The highest BCUT2D eigenvalue weighted by Gasteiger charge is 2.15. The largest absolute Gasteiger partial charge is 0.508 e. The molecule has 0 aliphatic carbocycles. The van der Waals surface area contributed by atoms with Crippen molar-refractivity contribution in [1.82, 2.24) is 5.43 Å². The first-order valence-electron chi connectivity index (χ1n) is 5.95. The van der Waals surface area contributed by atoms with E-state index in [9.17, 15) is 9.90 Å². The van der Waals surface area contributed by atoms with Gasteiger partial charge in [0, 0.05) is 6.42 Å². The normalized spacial score (nSPS) is 12.1. The van der Waals surface area contributed by atoms with Crippen LogP contribution >= 0.6 is 0 Å². The number of benzene rings is 1. The van der Waals surface area contributed by atoms with E-state index >= 15 is 0 Å². The molecule has 0 aromatic heterocycles. The number of phenolic OH excluding ortho intramolecular Hbond substituents is 1. The monoisotopic (exact) mass is 236 g/mol. The third-order valence-corrected chi connectivity index (χ3v) is 2.86. The summed E-state index contributed by atoms with van der Waals surface area (Å²) in [7, 11) is 0. The van der Waals surface area contributed by atoms with Crippen LogP contribution in [0, 0.1) is 0 Å². The number of hydrazine groups is 1. The molecule has 4 N–H and O–H groups in total. The molecular formula is C13H20N2O2. The second-order valence-corrected chi connectivity index (χ2v) is 4.20. The fourth-order valence-electron chi connectivity index (χ4n) is 1.87. The molecule has 1 rings (SSSR count). The number of nitrogens with two attached hydrogens (primary N) is 1. The Hall–Kier alpha value is -1.55. The average molecular weight is 236 g/mol. The lowest BCUT2D eigenvalue weighted by Crippen LogP contribution is -2.31. The van der Waals surface area contributed by atoms with Gasteiger partial charge in [-0.2, -0.15) is 0 Å². The molecule has 1 aromatic rings. The topological polar surface area (TPSA) is 75.4 Å². The molecule has 0 saturated carbocycles. The molecule has 0 spiro atoms. The number of aromatic hydroxyl groups is 1. The fourth-order valence-corrected chi connectivity index (χ4v) is 1.87. The predicted octanol–water partition coefficient (Wildman–Crippen LogP) is 2.05. The summed E-state index contributed by atoms with van der Waals surface area (Å²) in [6.45, 7) is 2.12. The predicted molar refractivity (Wildman–Crippen MR) is 67.3 cm³/mol. The fraction of sp³-hybridized carbons (Fsp3) is 0.462. The number of unbranched alkanes of at least 4 members (excludes halogenated alkanes) is 1. The molecule has 0 saturated heterocycles. The lowest BCUT2D eigenvalue weighted by Gasteiger charge is -2.16. The molecule has 4 nitrogen and oxygen atoms in total. The van der Waals surface area contributed by atoms with Gasteiger partial charge in [-0.1, -0.05) is 31.9 Å². The summed E-state index contributed by atoms with van der Waals surface area (Å²) in [5, 5.41) is 9.24. The molecule has 0 aliphatic heterocycles. The summed E-state index contributed by atoms with van der Waals surface area (Å²) in [6.07, 6.45) is 3.51. The second kappa shape index (κ2) is 6.91. The molecular weight excluding hydrogens is 216 g/mol. The maximum Gasteiger partial charge on any atom is 0.234 e. The van der Waals surface area contributed by atoms with Crippen LogP contribution in [0.4, 0.5) is 0 Å². The van der Waals surface area contributed by atoms with Gasteiger partial charge in [-0.25, -0.2) is 5.84 Å². The summed E-state index contributed by atoms with van der Waals surface area (Å²) >= 11 is 0. The molecule has 0 radical (unpaired) electrons. The van der Waals surface area contributed by atoms with Gasteiger partial charge in [0.1, 0.15) is 5.75 Å². The minimum atomic E-state index is -0.154. The quantitative estimate of drug-likeness (QED) is 0.402. The van der Waals surface area contributed by atoms with Crippen LogP contribution in [0.3, 0.4) is 0 Å². The van der Waals surface area contributed by atoms with Crippen molar-refractivity contribution < 1.29 is 9.90 Å². The van der Waals surface area contributed by atoms with Gasteiger partial charge in [0.2, 0.25) is 5.91 Å². The molecule has 1 unspecified atom stereocenters. The van der Waals surface area contributed by atoms with Crippen molar-refractivity contribution in [3.63, 3.8) is 0 Å². The van der Waals surface area contributed by atoms with Crippen LogP contribution in [0.1, 0.15) is 44.1 Å². The summed E-state index contributed by atoms with van der Waals surface area (Å²) in [5.41, 5.74) is 3.23. The summed E-state index contributed by atoms with van der Waals surface area (Å²) in [6, 6.07) is 7.02. The smallest absolute Gasteiger partial charge is 0.234 e. The van der Waals surface area contributed by atoms with E-state index in [0.717, 1.165) is 24.8 Å². The van der Waals surface area contributed by atoms with Gasteiger partial charge in [-0.05, 0) is 30.0 Å². The minimum Gasteiger partial charge on any atom is -0.508 e. The molecule has 1 atom stereocenters. The Morgan fingerprint density at radius 1 is 1.41 bits per heavy atom. The Kier molecular flexibility index (Phi) is 5.49. The Balaban J connectivity index is 2.74. The first-order chi connectivity index (χ1) is 8.17. The van der Waals surface area contributed by atoms with Crippen LogP contribution in [0.5, 0.6) is 5.75 Å². The van der Waals surface area contributed by atoms with Crippen molar-refractivity contribution in [3.05, 3.63) is 29.8 Å². The minimum absolute atomic E-state index is 0.154. The molecule has 4 heteroatoms. The van der Waals surface area contributed by atoms with Crippen molar-refractivity contribution in [2.45, 2.75) is 38.5 Å². The maximum absolute atomic E-state index is 11.3. The van der Waals surface area contributed by atoms with Gasteiger partial charge in [0.15, 0.2) is 0 Å². The number of hydrogen-bond acceptors (Lipinski definition) is 3. The lowest BCUT2D eigenvalue weighted by molar-refractivity contribution is -0.121. The third kappa shape index (κ3) is 4.44. The summed E-state index contributed by atoms with van der Waals surface area (Å²) in [4.78, 5) is 11.3. The average Bonchev–Trinajstić information content (AvgIpc) is 2.35. The van der Waals surface area contributed by atoms with Crippen LogP contribution in [-0.2, 0) is 4.79 Å². The van der Waals surface area contributed by atoms with E-state index in [1.54, 1.807) is 12.1 Å². The van der Waals surface area contributed by atoms with Crippen molar-refractivity contribution in [2.75, 3.05) is 0 Å². The van der Waals surface area contributed by atoms with E-state index in [0.29, 0.717) is 6.42 Å². The Labute approximate surface area is 102 Å². The molecule has 1 amide bonds. The van der Waals surface area contributed by atoms with E-state index < -0.39 is 0 Å². The van der Waals surface area contributed by atoms with Crippen LogP contribution in [0.25, 0.3) is 0 Å².